The maximum atomic E-state index is 13.3. The van der Waals surface area contributed by atoms with Crippen LogP contribution in [0.2, 0.25) is 0 Å². The average Bonchev–Trinajstić information content (AvgIpc) is 2.84. The van der Waals surface area contributed by atoms with E-state index in [1.165, 1.54) is 0 Å². The molecule has 0 radical (unpaired) electrons. The van der Waals surface area contributed by atoms with Crippen LogP contribution in [0.5, 0.6) is 0 Å². The van der Waals surface area contributed by atoms with Crippen molar-refractivity contribution in [3.63, 3.8) is 0 Å². The Hall–Kier alpha value is -4.18. The summed E-state index contributed by atoms with van der Waals surface area (Å²) in [5, 5.41) is 6.03. The van der Waals surface area contributed by atoms with Crippen molar-refractivity contribution in [2.75, 3.05) is 5.32 Å². The third kappa shape index (κ3) is 4.93. The lowest BCUT2D eigenvalue weighted by molar-refractivity contribution is 0.0944. The van der Waals surface area contributed by atoms with Gasteiger partial charge < -0.3 is 10.6 Å². The number of carbonyl (C=O) groups is 2. The molecule has 0 aliphatic carbocycles. The second kappa shape index (κ2) is 9.75. The molecule has 2 N–H and O–H groups in total. The van der Waals surface area contributed by atoms with Gasteiger partial charge >= 0.3 is 0 Å². The summed E-state index contributed by atoms with van der Waals surface area (Å²) >= 11 is 0. The molecule has 4 aromatic rings. The molecular formula is C28H24N2O2. The van der Waals surface area contributed by atoms with E-state index in [9.17, 15) is 9.59 Å². The molecule has 4 aromatic carbocycles. The van der Waals surface area contributed by atoms with Gasteiger partial charge in [0.1, 0.15) is 0 Å². The Morgan fingerprint density at radius 2 is 1.25 bits per heavy atom. The topological polar surface area (TPSA) is 58.2 Å². The highest BCUT2D eigenvalue weighted by atomic mass is 16.2. The second-order valence-electron chi connectivity index (χ2n) is 7.60. The summed E-state index contributed by atoms with van der Waals surface area (Å²) in [4.78, 5) is 26.1. The molecule has 158 valence electrons. The van der Waals surface area contributed by atoms with Gasteiger partial charge in [0.25, 0.3) is 11.8 Å². The number of hydrogen-bond donors (Lipinski definition) is 2. The van der Waals surface area contributed by atoms with E-state index in [0.717, 1.165) is 16.7 Å². The number of benzene rings is 4. The lowest BCUT2D eigenvalue weighted by Crippen LogP contribution is -2.30. The van der Waals surface area contributed by atoms with Gasteiger partial charge in [0.2, 0.25) is 0 Å². The molecule has 0 aliphatic rings. The largest absolute Gasteiger partial charge is 0.341 e. The number of hydrogen-bond acceptors (Lipinski definition) is 2. The van der Waals surface area contributed by atoms with E-state index in [0.29, 0.717) is 16.8 Å². The highest BCUT2D eigenvalue weighted by Crippen LogP contribution is 2.24. The first kappa shape index (κ1) is 21.1. The molecule has 32 heavy (non-hydrogen) atoms. The van der Waals surface area contributed by atoms with E-state index in [2.05, 4.69) is 10.6 Å². The SMILES string of the molecule is Cc1cccc(C(=O)Nc2ccccc2C(=O)NC(c2ccccc2)c2ccccc2)c1. The third-order valence-corrected chi connectivity index (χ3v) is 5.24. The lowest BCUT2D eigenvalue weighted by Gasteiger charge is -2.21. The molecule has 4 heteroatoms. The summed E-state index contributed by atoms with van der Waals surface area (Å²) in [5.41, 5.74) is 4.38. The fourth-order valence-electron chi connectivity index (χ4n) is 3.63. The number of aryl methyl sites for hydroxylation is 1. The van der Waals surface area contributed by atoms with Crippen LogP contribution in [0.1, 0.15) is 43.4 Å². The molecule has 0 saturated carbocycles. The number of rotatable bonds is 6. The molecular weight excluding hydrogens is 396 g/mol. The van der Waals surface area contributed by atoms with Crippen LogP contribution in [0.4, 0.5) is 5.69 Å². The van der Waals surface area contributed by atoms with Crippen molar-refractivity contribution in [2.24, 2.45) is 0 Å². The highest BCUT2D eigenvalue weighted by Gasteiger charge is 2.20. The lowest BCUT2D eigenvalue weighted by atomic mass is 9.98. The Morgan fingerprint density at radius 3 is 1.88 bits per heavy atom. The van der Waals surface area contributed by atoms with Crippen molar-refractivity contribution in [1.29, 1.82) is 0 Å². The molecule has 0 aromatic heterocycles. The van der Waals surface area contributed by atoms with Gasteiger partial charge in [-0.2, -0.15) is 0 Å². The molecule has 0 bridgehead atoms. The van der Waals surface area contributed by atoms with Crippen LogP contribution >= 0.6 is 0 Å². The molecule has 0 heterocycles. The van der Waals surface area contributed by atoms with Crippen molar-refractivity contribution < 1.29 is 9.59 Å². The van der Waals surface area contributed by atoms with Gasteiger partial charge in [-0.05, 0) is 42.3 Å². The van der Waals surface area contributed by atoms with Crippen molar-refractivity contribution in [3.05, 3.63) is 137 Å². The fourth-order valence-corrected chi connectivity index (χ4v) is 3.63. The monoisotopic (exact) mass is 420 g/mol. The number of carbonyl (C=O) groups excluding carboxylic acids is 2. The first-order valence-electron chi connectivity index (χ1n) is 10.5. The average molecular weight is 421 g/mol. The molecule has 0 unspecified atom stereocenters. The highest BCUT2D eigenvalue weighted by molar-refractivity contribution is 6.09. The summed E-state index contributed by atoms with van der Waals surface area (Å²) < 4.78 is 0. The fraction of sp³-hybridized carbons (Fsp3) is 0.0714. The van der Waals surface area contributed by atoms with Crippen LogP contribution in [-0.4, -0.2) is 11.8 Å². The van der Waals surface area contributed by atoms with Crippen LogP contribution in [0.15, 0.2) is 109 Å². The van der Waals surface area contributed by atoms with Gasteiger partial charge in [-0.3, -0.25) is 9.59 Å². The van der Waals surface area contributed by atoms with Crippen molar-refractivity contribution in [1.82, 2.24) is 5.32 Å². The normalized spacial score (nSPS) is 10.6. The summed E-state index contributed by atoms with van der Waals surface area (Å²) in [6, 6.07) is 33.7. The predicted octanol–water partition coefficient (Wildman–Crippen LogP) is 5.77. The minimum atomic E-state index is -0.314. The molecule has 0 saturated heterocycles. The number of para-hydroxylation sites is 1. The summed E-state index contributed by atoms with van der Waals surface area (Å²) in [5.74, 6) is -0.514. The quantitative estimate of drug-likeness (QED) is 0.416. The number of nitrogens with one attached hydrogen (secondary N) is 2. The third-order valence-electron chi connectivity index (χ3n) is 5.24. The van der Waals surface area contributed by atoms with Gasteiger partial charge in [0.15, 0.2) is 0 Å². The Balaban J connectivity index is 1.61. The van der Waals surface area contributed by atoms with Gasteiger partial charge in [-0.25, -0.2) is 0 Å². The van der Waals surface area contributed by atoms with Crippen molar-refractivity contribution in [2.45, 2.75) is 13.0 Å². The van der Waals surface area contributed by atoms with E-state index >= 15 is 0 Å². The maximum absolute atomic E-state index is 13.3. The van der Waals surface area contributed by atoms with E-state index in [-0.39, 0.29) is 17.9 Å². The first-order chi connectivity index (χ1) is 15.6. The Labute approximate surface area is 187 Å². The van der Waals surface area contributed by atoms with Gasteiger partial charge in [-0.1, -0.05) is 90.5 Å². The molecule has 0 aliphatic heterocycles. The molecule has 0 spiro atoms. The van der Waals surface area contributed by atoms with Crippen LogP contribution in [0, 0.1) is 6.92 Å². The van der Waals surface area contributed by atoms with Crippen LogP contribution < -0.4 is 10.6 Å². The maximum Gasteiger partial charge on any atom is 0.255 e. The minimum Gasteiger partial charge on any atom is -0.341 e. The molecule has 0 fully saturated rings. The zero-order valence-corrected chi connectivity index (χ0v) is 17.8. The van der Waals surface area contributed by atoms with Crippen LogP contribution in [0.3, 0.4) is 0 Å². The number of amides is 2. The first-order valence-corrected chi connectivity index (χ1v) is 10.5. The number of anilines is 1. The van der Waals surface area contributed by atoms with E-state index < -0.39 is 0 Å². The van der Waals surface area contributed by atoms with Gasteiger partial charge in [0, 0.05) is 5.56 Å². The van der Waals surface area contributed by atoms with E-state index in [1.54, 1.807) is 30.3 Å². The zero-order chi connectivity index (χ0) is 22.3. The van der Waals surface area contributed by atoms with Gasteiger partial charge in [0.05, 0.1) is 17.3 Å². The standard InChI is InChI=1S/C28H24N2O2/c1-20-11-10-16-23(19-20)27(31)29-25-18-9-8-17-24(25)28(32)30-26(21-12-4-2-5-13-21)22-14-6-3-7-15-22/h2-19,26H,1H3,(H,29,31)(H,30,32). The molecule has 4 rings (SSSR count). The second-order valence-corrected chi connectivity index (χ2v) is 7.60. The Morgan fingerprint density at radius 1 is 0.656 bits per heavy atom. The van der Waals surface area contributed by atoms with E-state index in [4.69, 9.17) is 0 Å². The predicted molar refractivity (Wildman–Crippen MR) is 128 cm³/mol. The van der Waals surface area contributed by atoms with Crippen molar-refractivity contribution in [3.8, 4) is 0 Å². The summed E-state index contributed by atoms with van der Waals surface area (Å²) in [6.07, 6.45) is 0. The van der Waals surface area contributed by atoms with Crippen LogP contribution in [-0.2, 0) is 0 Å². The molecule has 4 nitrogen and oxygen atoms in total. The zero-order valence-electron chi connectivity index (χ0n) is 17.8. The Bertz CT molecular complexity index is 1180. The van der Waals surface area contributed by atoms with Crippen LogP contribution in [0.25, 0.3) is 0 Å². The summed E-state index contributed by atoms with van der Waals surface area (Å²) in [7, 11) is 0. The summed E-state index contributed by atoms with van der Waals surface area (Å²) in [6.45, 7) is 1.94. The minimum absolute atomic E-state index is 0.253. The van der Waals surface area contributed by atoms with Crippen molar-refractivity contribution >= 4 is 17.5 Å². The van der Waals surface area contributed by atoms with Gasteiger partial charge in [-0.15, -0.1) is 0 Å². The smallest absolute Gasteiger partial charge is 0.255 e. The molecule has 2 amide bonds. The van der Waals surface area contributed by atoms with E-state index in [1.807, 2.05) is 85.8 Å². The Kier molecular flexibility index (Phi) is 6.42. The molecule has 0 atom stereocenters.